The summed E-state index contributed by atoms with van der Waals surface area (Å²) in [5.74, 6) is 0. The minimum atomic E-state index is 0.678. The first kappa shape index (κ1) is 13.8. The molecule has 0 unspecified atom stereocenters. The van der Waals surface area contributed by atoms with Crippen LogP contribution in [0.3, 0.4) is 0 Å². The van der Waals surface area contributed by atoms with Gasteiger partial charge in [0.1, 0.15) is 0 Å². The van der Waals surface area contributed by atoms with E-state index in [0.29, 0.717) is 6.54 Å². The number of hydrogen-bond acceptors (Lipinski definition) is 2. The third-order valence-electron chi connectivity index (χ3n) is 3.40. The van der Waals surface area contributed by atoms with Gasteiger partial charge in [-0.15, -0.1) is 11.3 Å². The zero-order chi connectivity index (χ0) is 14.5. The number of fused-ring (bicyclic) bond motifs is 2. The second-order valence-corrected chi connectivity index (χ2v) is 5.86. The van der Waals surface area contributed by atoms with E-state index in [0.717, 1.165) is 0 Å². The quantitative estimate of drug-likeness (QED) is 0.479. The van der Waals surface area contributed by atoms with Crippen molar-refractivity contribution in [1.82, 2.24) is 0 Å². The van der Waals surface area contributed by atoms with Crippen molar-refractivity contribution < 1.29 is 0 Å². The van der Waals surface area contributed by atoms with Crippen molar-refractivity contribution in [3.63, 3.8) is 0 Å². The molecule has 0 amide bonds. The number of rotatable bonds is 1. The normalized spacial score (nSPS) is 10.3. The highest BCUT2D eigenvalue weighted by Gasteiger charge is 1.95. The van der Waals surface area contributed by atoms with Gasteiger partial charge >= 0.3 is 0 Å². The topological polar surface area (TPSA) is 26.0 Å². The maximum atomic E-state index is 5.30. The van der Waals surface area contributed by atoms with Gasteiger partial charge < -0.3 is 5.73 Å². The Morgan fingerprint density at radius 2 is 1.14 bits per heavy atom. The van der Waals surface area contributed by atoms with Crippen LogP contribution in [0.1, 0.15) is 4.88 Å². The lowest BCUT2D eigenvalue weighted by Crippen LogP contribution is -1.90. The Hall–Kier alpha value is -2.16. The van der Waals surface area contributed by atoms with Crippen LogP contribution >= 0.6 is 11.3 Å². The van der Waals surface area contributed by atoms with Crippen LogP contribution < -0.4 is 5.73 Å². The summed E-state index contributed by atoms with van der Waals surface area (Å²) in [6, 6.07) is 25.5. The average molecular weight is 291 g/mol. The van der Waals surface area contributed by atoms with E-state index >= 15 is 0 Å². The molecule has 0 saturated heterocycles. The van der Waals surface area contributed by atoms with Crippen LogP contribution in [0.15, 0.2) is 78.2 Å². The molecule has 0 fully saturated rings. The van der Waals surface area contributed by atoms with Crippen LogP contribution in [0.25, 0.3) is 21.5 Å². The van der Waals surface area contributed by atoms with Crippen molar-refractivity contribution >= 4 is 32.9 Å². The largest absolute Gasteiger partial charge is 0.326 e. The van der Waals surface area contributed by atoms with E-state index in [2.05, 4.69) is 60.7 Å². The molecule has 4 rings (SSSR count). The van der Waals surface area contributed by atoms with Crippen LogP contribution in [0, 0.1) is 0 Å². The third-order valence-corrected chi connectivity index (χ3v) is 4.29. The Morgan fingerprint density at radius 1 is 0.667 bits per heavy atom. The van der Waals surface area contributed by atoms with Crippen LogP contribution in [0.4, 0.5) is 0 Å². The van der Waals surface area contributed by atoms with Crippen molar-refractivity contribution in [3.05, 3.63) is 83.1 Å². The highest BCUT2D eigenvalue weighted by Crippen LogP contribution is 2.21. The van der Waals surface area contributed by atoms with E-state index in [1.807, 2.05) is 17.5 Å². The molecule has 4 aromatic rings. The third kappa shape index (κ3) is 3.30. The molecule has 0 spiro atoms. The first-order valence-electron chi connectivity index (χ1n) is 6.97. The lowest BCUT2D eigenvalue weighted by Gasteiger charge is -2.00. The molecule has 1 aromatic heterocycles. The molecule has 0 aliphatic carbocycles. The standard InChI is InChI=1S/C14H10.C5H7NS/c1-2-6-12-10-14-8-4-3-7-13(14)9-11(12)5-1;6-4-5-2-1-3-7-5/h1-10H;1-3H,4,6H2. The summed E-state index contributed by atoms with van der Waals surface area (Å²) in [6.45, 7) is 0.678. The van der Waals surface area contributed by atoms with Crippen LogP contribution in [0.5, 0.6) is 0 Å². The van der Waals surface area contributed by atoms with Crippen molar-refractivity contribution in [3.8, 4) is 0 Å². The minimum absolute atomic E-state index is 0.678. The Labute approximate surface area is 128 Å². The smallest absolute Gasteiger partial charge is 0.0273 e. The van der Waals surface area contributed by atoms with Gasteiger partial charge in [0.05, 0.1) is 0 Å². The molecule has 2 N–H and O–H groups in total. The van der Waals surface area contributed by atoms with E-state index < -0.39 is 0 Å². The molecular weight excluding hydrogens is 274 g/mol. The van der Waals surface area contributed by atoms with E-state index in [1.54, 1.807) is 11.3 Å². The van der Waals surface area contributed by atoms with Crippen molar-refractivity contribution in [2.75, 3.05) is 0 Å². The van der Waals surface area contributed by atoms with Gasteiger partial charge in [-0.1, -0.05) is 54.6 Å². The monoisotopic (exact) mass is 291 g/mol. The summed E-state index contributed by atoms with van der Waals surface area (Å²) in [7, 11) is 0. The van der Waals surface area contributed by atoms with Gasteiger partial charge in [-0.25, -0.2) is 0 Å². The Balaban J connectivity index is 0.000000160. The number of nitrogens with two attached hydrogens (primary N) is 1. The summed E-state index contributed by atoms with van der Waals surface area (Å²) in [5, 5.41) is 7.28. The fraction of sp³-hybridized carbons (Fsp3) is 0.0526. The predicted molar refractivity (Wildman–Crippen MR) is 93.7 cm³/mol. The van der Waals surface area contributed by atoms with Crippen molar-refractivity contribution in [2.45, 2.75) is 6.54 Å². The highest BCUT2D eigenvalue weighted by molar-refractivity contribution is 7.09. The SMILES string of the molecule is NCc1cccs1.c1ccc2cc3ccccc3cc2c1. The van der Waals surface area contributed by atoms with Crippen LogP contribution in [-0.4, -0.2) is 0 Å². The molecule has 0 radical (unpaired) electrons. The predicted octanol–water partition coefficient (Wildman–Crippen LogP) is 5.20. The Kier molecular flexibility index (Phi) is 4.29. The van der Waals surface area contributed by atoms with E-state index in [4.69, 9.17) is 5.73 Å². The van der Waals surface area contributed by atoms with Crippen molar-refractivity contribution in [2.24, 2.45) is 5.73 Å². The molecule has 21 heavy (non-hydrogen) atoms. The number of hydrogen-bond donors (Lipinski definition) is 1. The maximum absolute atomic E-state index is 5.30. The highest BCUT2D eigenvalue weighted by atomic mass is 32.1. The molecule has 0 aliphatic rings. The summed E-state index contributed by atoms with van der Waals surface area (Å²) >= 11 is 1.70. The summed E-state index contributed by atoms with van der Waals surface area (Å²) in [4.78, 5) is 1.25. The lowest BCUT2D eigenvalue weighted by atomic mass is 10.0. The molecule has 0 atom stereocenters. The molecular formula is C19H17NS. The van der Waals surface area contributed by atoms with Gasteiger partial charge in [0.15, 0.2) is 0 Å². The van der Waals surface area contributed by atoms with Gasteiger partial charge in [0, 0.05) is 11.4 Å². The molecule has 1 heterocycles. The molecule has 0 aliphatic heterocycles. The van der Waals surface area contributed by atoms with E-state index in [1.165, 1.54) is 26.4 Å². The fourth-order valence-corrected chi connectivity index (χ4v) is 2.90. The summed E-state index contributed by atoms with van der Waals surface area (Å²) in [5.41, 5.74) is 5.30. The van der Waals surface area contributed by atoms with Crippen LogP contribution in [0.2, 0.25) is 0 Å². The minimum Gasteiger partial charge on any atom is -0.326 e. The van der Waals surface area contributed by atoms with Crippen molar-refractivity contribution in [1.29, 1.82) is 0 Å². The summed E-state index contributed by atoms with van der Waals surface area (Å²) < 4.78 is 0. The molecule has 104 valence electrons. The zero-order valence-electron chi connectivity index (χ0n) is 11.7. The Morgan fingerprint density at radius 3 is 1.43 bits per heavy atom. The lowest BCUT2D eigenvalue weighted by molar-refractivity contribution is 1.11. The average Bonchev–Trinajstić information content (AvgIpc) is 3.07. The van der Waals surface area contributed by atoms with Gasteiger partial charge in [-0.3, -0.25) is 0 Å². The second kappa shape index (κ2) is 6.53. The van der Waals surface area contributed by atoms with E-state index in [-0.39, 0.29) is 0 Å². The summed E-state index contributed by atoms with van der Waals surface area (Å²) in [6.07, 6.45) is 0. The first-order valence-corrected chi connectivity index (χ1v) is 7.85. The molecule has 1 nitrogen and oxygen atoms in total. The van der Waals surface area contributed by atoms with Gasteiger partial charge in [0.2, 0.25) is 0 Å². The van der Waals surface area contributed by atoms with Crippen LogP contribution in [-0.2, 0) is 6.54 Å². The second-order valence-electron chi connectivity index (χ2n) is 4.83. The van der Waals surface area contributed by atoms with Gasteiger partial charge in [-0.05, 0) is 45.1 Å². The molecule has 2 heteroatoms. The molecule has 0 saturated carbocycles. The zero-order valence-corrected chi connectivity index (χ0v) is 12.5. The fourth-order valence-electron chi connectivity index (χ4n) is 2.31. The van der Waals surface area contributed by atoms with E-state index in [9.17, 15) is 0 Å². The molecule has 3 aromatic carbocycles. The Bertz CT molecular complexity index is 729. The maximum Gasteiger partial charge on any atom is 0.0273 e. The van der Waals surface area contributed by atoms with Gasteiger partial charge in [-0.2, -0.15) is 0 Å². The van der Waals surface area contributed by atoms with Gasteiger partial charge in [0.25, 0.3) is 0 Å². The number of thiophene rings is 1. The number of benzene rings is 3. The molecule has 0 bridgehead atoms. The first-order chi connectivity index (χ1) is 10.4.